The van der Waals surface area contributed by atoms with Crippen LogP contribution in [0.3, 0.4) is 0 Å². The molecule has 0 fully saturated rings. The van der Waals surface area contributed by atoms with Crippen molar-refractivity contribution in [3.63, 3.8) is 0 Å². The molecule has 0 spiro atoms. The molecule has 0 bridgehead atoms. The monoisotopic (exact) mass is 332 g/mol. The number of aryl methyl sites for hydroxylation is 1. The van der Waals surface area contributed by atoms with Crippen molar-refractivity contribution in [3.8, 4) is 11.5 Å². The lowest BCUT2D eigenvalue weighted by molar-refractivity contribution is 0.102. The first kappa shape index (κ1) is 19.6. The predicted octanol–water partition coefficient (Wildman–Crippen LogP) is 3.39. The first-order valence-electron chi connectivity index (χ1n) is 7.85. The van der Waals surface area contributed by atoms with Gasteiger partial charge in [0.15, 0.2) is 0 Å². The molecule has 2 aromatic rings. The quantitative estimate of drug-likeness (QED) is 0.577. The first-order valence-corrected chi connectivity index (χ1v) is 7.85. The average molecular weight is 332 g/mol. The van der Waals surface area contributed by atoms with Gasteiger partial charge in [0.1, 0.15) is 24.7 Å². The van der Waals surface area contributed by atoms with E-state index in [0.717, 1.165) is 5.75 Å². The van der Waals surface area contributed by atoms with Gasteiger partial charge in [-0.25, -0.2) is 0 Å². The fraction of sp³-hybridized carbons (Fsp3) is 0.368. The standard InChI is InChI=1S/C15H18N2O2.C4H10O/c1-11-2-5-13(6-3-11)18-8-9-19-15-7-4-12(16)10-14(15)17;1-4(2,3)5/h2-7,10H,8-9,16-17H2,1H3;5H,1-3H3. The molecule has 0 aromatic heterocycles. The summed E-state index contributed by atoms with van der Waals surface area (Å²) in [5, 5.41) is 8.52. The van der Waals surface area contributed by atoms with Crippen LogP contribution in [0, 0.1) is 6.92 Å². The van der Waals surface area contributed by atoms with Crippen LogP contribution in [0.15, 0.2) is 42.5 Å². The van der Waals surface area contributed by atoms with Crippen LogP contribution in [0.4, 0.5) is 11.4 Å². The van der Waals surface area contributed by atoms with E-state index < -0.39 is 5.60 Å². The van der Waals surface area contributed by atoms with Gasteiger partial charge < -0.3 is 26.0 Å². The summed E-state index contributed by atoms with van der Waals surface area (Å²) >= 11 is 0. The normalized spacial score (nSPS) is 10.5. The smallest absolute Gasteiger partial charge is 0.142 e. The summed E-state index contributed by atoms with van der Waals surface area (Å²) in [6.45, 7) is 8.17. The van der Waals surface area contributed by atoms with Crippen LogP contribution >= 0.6 is 0 Å². The lowest BCUT2D eigenvalue weighted by Gasteiger charge is -2.10. The minimum Gasteiger partial charge on any atom is -0.490 e. The second kappa shape index (κ2) is 9.03. The second-order valence-corrected chi connectivity index (χ2v) is 6.48. The molecule has 0 atom stereocenters. The molecule has 2 rings (SSSR count). The predicted molar refractivity (Wildman–Crippen MR) is 99.4 cm³/mol. The zero-order valence-corrected chi connectivity index (χ0v) is 14.9. The number of anilines is 2. The number of rotatable bonds is 5. The fourth-order valence-corrected chi connectivity index (χ4v) is 1.64. The molecule has 24 heavy (non-hydrogen) atoms. The number of nitrogens with two attached hydrogens (primary N) is 2. The van der Waals surface area contributed by atoms with Gasteiger partial charge in [0.2, 0.25) is 0 Å². The Kier molecular flexibility index (Phi) is 7.39. The number of hydrogen-bond donors (Lipinski definition) is 3. The summed E-state index contributed by atoms with van der Waals surface area (Å²) in [4.78, 5) is 0. The second-order valence-electron chi connectivity index (χ2n) is 6.48. The molecule has 132 valence electrons. The van der Waals surface area contributed by atoms with Crippen LogP contribution in [-0.4, -0.2) is 23.9 Å². The maximum atomic E-state index is 8.52. The van der Waals surface area contributed by atoms with Gasteiger partial charge >= 0.3 is 0 Å². The van der Waals surface area contributed by atoms with Gasteiger partial charge in [0.25, 0.3) is 0 Å². The Morgan fingerprint density at radius 3 is 2.00 bits per heavy atom. The zero-order chi connectivity index (χ0) is 18.2. The molecule has 0 heterocycles. The van der Waals surface area contributed by atoms with E-state index in [9.17, 15) is 0 Å². The van der Waals surface area contributed by atoms with E-state index in [1.54, 1.807) is 39.0 Å². The molecule has 2 aromatic carbocycles. The third-order valence-corrected chi connectivity index (χ3v) is 2.66. The van der Waals surface area contributed by atoms with E-state index in [1.807, 2.05) is 31.2 Å². The van der Waals surface area contributed by atoms with Crippen LogP contribution in [0.5, 0.6) is 11.5 Å². The third-order valence-electron chi connectivity index (χ3n) is 2.66. The molecule has 0 unspecified atom stereocenters. The van der Waals surface area contributed by atoms with Gasteiger partial charge in [-0.1, -0.05) is 17.7 Å². The zero-order valence-electron chi connectivity index (χ0n) is 14.9. The number of ether oxygens (including phenoxy) is 2. The highest BCUT2D eigenvalue weighted by Crippen LogP contribution is 2.23. The molecule has 5 N–H and O–H groups in total. The summed E-state index contributed by atoms with van der Waals surface area (Å²) in [7, 11) is 0. The minimum atomic E-state index is -0.500. The van der Waals surface area contributed by atoms with E-state index in [0.29, 0.717) is 30.3 Å². The highest BCUT2D eigenvalue weighted by Gasteiger charge is 2.01. The van der Waals surface area contributed by atoms with Crippen molar-refractivity contribution in [1.82, 2.24) is 0 Å². The molecular weight excluding hydrogens is 304 g/mol. The molecule has 5 nitrogen and oxygen atoms in total. The number of aliphatic hydroxyl groups is 1. The SMILES string of the molecule is CC(C)(C)O.Cc1ccc(OCCOc2ccc(N)cc2N)cc1. The average Bonchev–Trinajstić information content (AvgIpc) is 2.45. The number of nitrogen functional groups attached to an aromatic ring is 2. The Bertz CT molecular complexity index is 613. The van der Waals surface area contributed by atoms with Gasteiger partial charge in [-0.3, -0.25) is 0 Å². The van der Waals surface area contributed by atoms with Gasteiger partial charge in [0.05, 0.1) is 11.3 Å². The van der Waals surface area contributed by atoms with Crippen molar-refractivity contribution in [2.75, 3.05) is 24.7 Å². The van der Waals surface area contributed by atoms with Crippen LogP contribution in [0.25, 0.3) is 0 Å². The lowest BCUT2D eigenvalue weighted by atomic mass is 10.2. The van der Waals surface area contributed by atoms with E-state index in [1.165, 1.54) is 5.56 Å². The summed E-state index contributed by atoms with van der Waals surface area (Å²) in [6.07, 6.45) is 0. The number of benzene rings is 2. The van der Waals surface area contributed by atoms with Crippen LogP contribution < -0.4 is 20.9 Å². The highest BCUT2D eigenvalue weighted by atomic mass is 16.5. The van der Waals surface area contributed by atoms with Crippen molar-refractivity contribution in [3.05, 3.63) is 48.0 Å². The summed E-state index contributed by atoms with van der Waals surface area (Å²) in [5.74, 6) is 1.46. The maximum absolute atomic E-state index is 8.52. The van der Waals surface area contributed by atoms with Crippen molar-refractivity contribution in [1.29, 1.82) is 0 Å². The molecule has 0 saturated heterocycles. The van der Waals surface area contributed by atoms with E-state index in [2.05, 4.69) is 0 Å². The topological polar surface area (TPSA) is 90.7 Å². The van der Waals surface area contributed by atoms with Gasteiger partial charge in [-0.2, -0.15) is 0 Å². The Morgan fingerprint density at radius 2 is 1.46 bits per heavy atom. The minimum absolute atomic E-state index is 0.433. The Morgan fingerprint density at radius 1 is 0.917 bits per heavy atom. The molecule has 0 aliphatic heterocycles. The molecular formula is C19H28N2O3. The van der Waals surface area contributed by atoms with Crippen molar-refractivity contribution in [2.24, 2.45) is 0 Å². The van der Waals surface area contributed by atoms with Crippen molar-refractivity contribution < 1.29 is 14.6 Å². The Hall–Kier alpha value is -2.40. The van der Waals surface area contributed by atoms with Gasteiger partial charge in [-0.05, 0) is 58.0 Å². The van der Waals surface area contributed by atoms with E-state index >= 15 is 0 Å². The summed E-state index contributed by atoms with van der Waals surface area (Å²) in [6, 6.07) is 13.1. The van der Waals surface area contributed by atoms with Crippen LogP contribution in [0.2, 0.25) is 0 Å². The van der Waals surface area contributed by atoms with Crippen molar-refractivity contribution >= 4 is 11.4 Å². The summed E-state index contributed by atoms with van der Waals surface area (Å²) < 4.78 is 11.1. The Balaban J connectivity index is 0.000000505. The number of hydrogen-bond acceptors (Lipinski definition) is 5. The van der Waals surface area contributed by atoms with Gasteiger partial charge in [-0.15, -0.1) is 0 Å². The fourth-order valence-electron chi connectivity index (χ4n) is 1.64. The maximum Gasteiger partial charge on any atom is 0.142 e. The third kappa shape index (κ3) is 8.90. The molecule has 0 saturated carbocycles. The van der Waals surface area contributed by atoms with E-state index in [-0.39, 0.29) is 0 Å². The highest BCUT2D eigenvalue weighted by molar-refractivity contribution is 5.60. The van der Waals surface area contributed by atoms with Crippen LogP contribution in [0.1, 0.15) is 26.3 Å². The molecule has 5 heteroatoms. The summed E-state index contributed by atoms with van der Waals surface area (Å²) in [5.41, 5.74) is 13.3. The largest absolute Gasteiger partial charge is 0.490 e. The molecule has 0 radical (unpaired) electrons. The Labute approximate surface area is 144 Å². The van der Waals surface area contributed by atoms with Crippen molar-refractivity contribution in [2.45, 2.75) is 33.3 Å². The molecule has 0 aliphatic rings. The van der Waals surface area contributed by atoms with Gasteiger partial charge in [0, 0.05) is 5.69 Å². The first-order chi connectivity index (χ1) is 11.1. The van der Waals surface area contributed by atoms with Crippen LogP contribution in [-0.2, 0) is 0 Å². The lowest BCUT2D eigenvalue weighted by Crippen LogP contribution is -2.10. The van der Waals surface area contributed by atoms with E-state index in [4.69, 9.17) is 26.0 Å². The molecule has 0 amide bonds. The molecule has 0 aliphatic carbocycles.